The van der Waals surface area contributed by atoms with Crippen LogP contribution in [-0.2, 0) is 0 Å². The molecule has 2 heteroatoms. The van der Waals surface area contributed by atoms with Gasteiger partial charge in [0.15, 0.2) is 0 Å². The largest absolute Gasteiger partial charge is 0.383 e. The Labute approximate surface area is 104 Å². The molecule has 0 radical (unpaired) electrons. The molecule has 0 amide bonds. The zero-order valence-electron chi connectivity index (χ0n) is 11.2. The molecular weight excluding hydrogens is 210 g/mol. The lowest BCUT2D eigenvalue weighted by Crippen LogP contribution is -2.51. The van der Waals surface area contributed by atoms with Crippen molar-refractivity contribution in [1.29, 1.82) is 0 Å². The second-order valence-corrected chi connectivity index (χ2v) is 6.24. The zero-order valence-corrected chi connectivity index (χ0v) is 11.2. The van der Waals surface area contributed by atoms with Crippen LogP contribution < -0.4 is 0 Å². The molecule has 0 aliphatic heterocycles. The highest BCUT2D eigenvalue weighted by Crippen LogP contribution is 2.44. The van der Waals surface area contributed by atoms with Gasteiger partial charge in [0.2, 0.25) is 0 Å². The minimum Gasteiger partial charge on any atom is -0.383 e. The molecule has 0 bridgehead atoms. The van der Waals surface area contributed by atoms with Crippen molar-refractivity contribution in [2.24, 2.45) is 0 Å². The van der Waals surface area contributed by atoms with E-state index in [1.165, 1.54) is 5.56 Å². The lowest BCUT2D eigenvalue weighted by Gasteiger charge is -2.43. The van der Waals surface area contributed by atoms with Crippen molar-refractivity contribution in [3.63, 3.8) is 0 Å². The Kier molecular flexibility index (Phi) is 3.28. The fourth-order valence-electron chi connectivity index (χ4n) is 3.37. The van der Waals surface area contributed by atoms with Crippen LogP contribution in [0, 0.1) is 0 Å². The molecule has 1 aliphatic rings. The molecule has 1 N–H and O–H groups in total. The Morgan fingerprint density at radius 2 is 1.59 bits per heavy atom. The molecule has 0 spiro atoms. The summed E-state index contributed by atoms with van der Waals surface area (Å²) >= 11 is 0. The van der Waals surface area contributed by atoms with E-state index in [0.29, 0.717) is 0 Å². The Balaban J connectivity index is 2.39. The molecule has 0 heterocycles. The first kappa shape index (κ1) is 12.6. The maximum atomic E-state index is 10.9. The monoisotopic (exact) mass is 234 g/mol. The van der Waals surface area contributed by atoms with Crippen LogP contribution in [0.15, 0.2) is 30.3 Å². The standard InChI is InChI=1S/C15H24NO/c1-16(2,3)14(13-9-5-4-6-10-13)15(17)11-7-8-12-15/h4-6,9-10,14,17H,7-8,11-12H2,1-3H3/q+1/t14-/m1/s1. The Morgan fingerprint density at radius 1 is 1.06 bits per heavy atom. The van der Waals surface area contributed by atoms with Crippen molar-refractivity contribution >= 4 is 0 Å². The van der Waals surface area contributed by atoms with Crippen molar-refractivity contribution in [1.82, 2.24) is 0 Å². The first-order chi connectivity index (χ1) is 7.93. The number of nitrogens with zero attached hydrogens (tertiary/aromatic N) is 1. The highest BCUT2D eigenvalue weighted by molar-refractivity contribution is 5.21. The SMILES string of the molecule is C[N+](C)(C)[C@H](c1ccccc1)C1(O)CCCC1. The number of hydrogen-bond acceptors (Lipinski definition) is 1. The number of likely N-dealkylation sites (N-methyl/N-ethyl adjacent to an activating group) is 1. The summed E-state index contributed by atoms with van der Waals surface area (Å²) < 4.78 is 0.778. The number of quaternary nitrogens is 1. The lowest BCUT2D eigenvalue weighted by molar-refractivity contribution is -0.910. The molecule has 0 saturated heterocycles. The van der Waals surface area contributed by atoms with Crippen molar-refractivity contribution < 1.29 is 9.59 Å². The molecule has 0 unspecified atom stereocenters. The van der Waals surface area contributed by atoms with Gasteiger partial charge in [-0.05, 0) is 12.8 Å². The van der Waals surface area contributed by atoms with Gasteiger partial charge in [-0.3, -0.25) is 0 Å². The predicted molar refractivity (Wildman–Crippen MR) is 70.6 cm³/mol. The first-order valence-corrected chi connectivity index (χ1v) is 6.52. The van der Waals surface area contributed by atoms with Crippen molar-refractivity contribution in [3.8, 4) is 0 Å². The van der Waals surface area contributed by atoms with Crippen molar-refractivity contribution in [2.75, 3.05) is 21.1 Å². The van der Waals surface area contributed by atoms with Crippen LogP contribution in [0.5, 0.6) is 0 Å². The predicted octanol–water partition coefficient (Wildman–Crippen LogP) is 2.74. The summed E-state index contributed by atoms with van der Waals surface area (Å²) in [4.78, 5) is 0. The molecule has 1 atom stereocenters. The third-order valence-electron chi connectivity index (χ3n) is 3.87. The number of rotatable bonds is 3. The van der Waals surface area contributed by atoms with Gasteiger partial charge in [0.1, 0.15) is 11.6 Å². The van der Waals surface area contributed by atoms with Gasteiger partial charge in [-0.15, -0.1) is 0 Å². The third-order valence-corrected chi connectivity index (χ3v) is 3.87. The van der Waals surface area contributed by atoms with E-state index in [-0.39, 0.29) is 6.04 Å². The summed E-state index contributed by atoms with van der Waals surface area (Å²) in [6.07, 6.45) is 4.17. The first-order valence-electron chi connectivity index (χ1n) is 6.52. The fourth-order valence-corrected chi connectivity index (χ4v) is 3.37. The third kappa shape index (κ3) is 2.53. The quantitative estimate of drug-likeness (QED) is 0.797. The van der Waals surface area contributed by atoms with Crippen LogP contribution in [0.2, 0.25) is 0 Å². The molecule has 94 valence electrons. The fraction of sp³-hybridized carbons (Fsp3) is 0.600. The topological polar surface area (TPSA) is 20.2 Å². The van der Waals surface area contributed by atoms with Crippen LogP contribution in [0.1, 0.15) is 37.3 Å². The van der Waals surface area contributed by atoms with Gasteiger partial charge in [-0.25, -0.2) is 0 Å². The van der Waals surface area contributed by atoms with Gasteiger partial charge >= 0.3 is 0 Å². The molecular formula is C15H24NO+. The maximum Gasteiger partial charge on any atom is 0.143 e. The van der Waals surface area contributed by atoms with Crippen LogP contribution in [-0.4, -0.2) is 36.3 Å². The minimum atomic E-state index is -0.528. The van der Waals surface area contributed by atoms with Gasteiger partial charge in [0.05, 0.1) is 21.1 Å². The van der Waals surface area contributed by atoms with E-state index < -0.39 is 5.60 Å². The maximum absolute atomic E-state index is 10.9. The molecule has 1 aliphatic carbocycles. The second kappa shape index (κ2) is 4.43. The average Bonchev–Trinajstić information content (AvgIpc) is 2.65. The molecule has 1 aromatic carbocycles. The van der Waals surface area contributed by atoms with E-state index in [2.05, 4.69) is 45.4 Å². The van der Waals surface area contributed by atoms with E-state index in [0.717, 1.165) is 30.2 Å². The molecule has 1 fully saturated rings. The van der Waals surface area contributed by atoms with Crippen LogP contribution in [0.25, 0.3) is 0 Å². The van der Waals surface area contributed by atoms with E-state index in [4.69, 9.17) is 0 Å². The molecule has 0 aromatic heterocycles. The van der Waals surface area contributed by atoms with E-state index in [1.54, 1.807) is 0 Å². The minimum absolute atomic E-state index is 0.172. The summed E-state index contributed by atoms with van der Waals surface area (Å²) in [5.74, 6) is 0. The summed E-state index contributed by atoms with van der Waals surface area (Å²) in [5, 5.41) is 10.9. The number of aliphatic hydroxyl groups is 1. The Morgan fingerprint density at radius 3 is 2.06 bits per heavy atom. The molecule has 1 aromatic rings. The van der Waals surface area contributed by atoms with E-state index >= 15 is 0 Å². The van der Waals surface area contributed by atoms with E-state index in [9.17, 15) is 5.11 Å². The Hall–Kier alpha value is -0.860. The van der Waals surface area contributed by atoms with Crippen molar-refractivity contribution in [3.05, 3.63) is 35.9 Å². The normalized spacial score (nSPS) is 21.4. The van der Waals surface area contributed by atoms with Gasteiger partial charge in [0.25, 0.3) is 0 Å². The van der Waals surface area contributed by atoms with Crippen molar-refractivity contribution in [2.45, 2.75) is 37.3 Å². The van der Waals surface area contributed by atoms with Crippen LogP contribution in [0.4, 0.5) is 0 Å². The van der Waals surface area contributed by atoms with Crippen LogP contribution in [0.3, 0.4) is 0 Å². The molecule has 1 saturated carbocycles. The van der Waals surface area contributed by atoms with Crippen LogP contribution >= 0.6 is 0 Å². The lowest BCUT2D eigenvalue weighted by atomic mass is 9.85. The summed E-state index contributed by atoms with van der Waals surface area (Å²) in [5.41, 5.74) is 0.726. The molecule has 2 nitrogen and oxygen atoms in total. The molecule has 17 heavy (non-hydrogen) atoms. The number of hydrogen-bond donors (Lipinski definition) is 1. The average molecular weight is 234 g/mol. The van der Waals surface area contributed by atoms with Gasteiger partial charge in [0, 0.05) is 5.56 Å². The number of benzene rings is 1. The summed E-state index contributed by atoms with van der Waals surface area (Å²) in [6.45, 7) is 0. The van der Waals surface area contributed by atoms with Gasteiger partial charge < -0.3 is 9.59 Å². The second-order valence-electron chi connectivity index (χ2n) is 6.24. The summed E-state index contributed by atoms with van der Waals surface area (Å²) in [7, 11) is 6.52. The Bertz CT molecular complexity index is 360. The van der Waals surface area contributed by atoms with Gasteiger partial charge in [-0.2, -0.15) is 0 Å². The zero-order chi connectivity index (χ0) is 12.5. The molecule has 2 rings (SSSR count). The smallest absolute Gasteiger partial charge is 0.143 e. The highest BCUT2D eigenvalue weighted by Gasteiger charge is 2.47. The van der Waals surface area contributed by atoms with Gasteiger partial charge in [-0.1, -0.05) is 43.2 Å². The van der Waals surface area contributed by atoms with E-state index in [1.807, 2.05) is 6.07 Å². The highest BCUT2D eigenvalue weighted by atomic mass is 16.3. The summed E-state index contributed by atoms with van der Waals surface area (Å²) in [6, 6.07) is 10.6.